The molecule has 1 aromatic carbocycles. The fourth-order valence-corrected chi connectivity index (χ4v) is 1.88. The maximum absolute atomic E-state index is 13.6. The number of hydrogen-bond acceptors (Lipinski definition) is 2. The first-order valence-corrected chi connectivity index (χ1v) is 6.32. The molecule has 1 aliphatic carbocycles. The first kappa shape index (κ1) is 14.4. The minimum absolute atomic E-state index is 0.0216. The normalized spacial score (nSPS) is 17.4. The number of benzene rings is 1. The number of halogens is 2. The van der Waals surface area contributed by atoms with Crippen LogP contribution in [0.4, 0.5) is 8.78 Å². The molecule has 1 unspecified atom stereocenters. The summed E-state index contributed by atoms with van der Waals surface area (Å²) in [5.41, 5.74) is -2.28. The number of hydrogen-bond donors (Lipinski definition) is 2. The van der Waals surface area contributed by atoms with Gasteiger partial charge in [0.05, 0.1) is 0 Å². The zero-order chi connectivity index (χ0) is 14.9. The summed E-state index contributed by atoms with van der Waals surface area (Å²) < 4.78 is 27.2. The van der Waals surface area contributed by atoms with E-state index >= 15 is 0 Å². The van der Waals surface area contributed by atoms with Crippen molar-refractivity contribution >= 4 is 11.9 Å². The molecule has 1 atom stereocenters. The van der Waals surface area contributed by atoms with Gasteiger partial charge >= 0.3 is 5.97 Å². The zero-order valence-electron chi connectivity index (χ0n) is 11.0. The number of nitrogens with one attached hydrogen (secondary N) is 1. The summed E-state index contributed by atoms with van der Waals surface area (Å²) in [5.74, 6) is -3.82. The molecule has 0 heterocycles. The standard InChI is InChI=1S/C14H15F2NO3/c1-14(13(19)20,12(18)17-8-5-6-8)7-9-10(15)3-2-4-11(9)16/h2-4,8H,5-7H2,1H3,(H,17,18)(H,19,20). The molecule has 0 saturated heterocycles. The lowest BCUT2D eigenvalue weighted by Crippen LogP contribution is -2.47. The number of carboxylic acids is 1. The lowest BCUT2D eigenvalue weighted by atomic mass is 9.82. The molecular weight excluding hydrogens is 268 g/mol. The van der Waals surface area contributed by atoms with E-state index in [4.69, 9.17) is 0 Å². The van der Waals surface area contributed by atoms with E-state index in [1.807, 2.05) is 0 Å². The van der Waals surface area contributed by atoms with Gasteiger partial charge in [-0.3, -0.25) is 9.59 Å². The molecule has 1 aromatic rings. The minimum Gasteiger partial charge on any atom is -0.480 e. The lowest BCUT2D eigenvalue weighted by Gasteiger charge is -2.24. The van der Waals surface area contributed by atoms with Crippen LogP contribution in [0.15, 0.2) is 18.2 Å². The molecule has 1 amide bonds. The second-order valence-electron chi connectivity index (χ2n) is 5.26. The molecule has 6 heteroatoms. The van der Waals surface area contributed by atoms with Crippen LogP contribution in [0.1, 0.15) is 25.3 Å². The Kier molecular flexibility index (Phi) is 3.74. The molecule has 20 heavy (non-hydrogen) atoms. The van der Waals surface area contributed by atoms with Crippen molar-refractivity contribution in [1.82, 2.24) is 5.32 Å². The van der Waals surface area contributed by atoms with E-state index in [9.17, 15) is 23.5 Å². The predicted octanol–water partition coefficient (Wildman–Crippen LogP) is 1.88. The molecule has 0 spiro atoms. The van der Waals surface area contributed by atoms with Crippen LogP contribution in [0.25, 0.3) is 0 Å². The Morgan fingerprint density at radius 3 is 2.35 bits per heavy atom. The van der Waals surface area contributed by atoms with Crippen LogP contribution >= 0.6 is 0 Å². The van der Waals surface area contributed by atoms with Crippen LogP contribution in [-0.4, -0.2) is 23.0 Å². The quantitative estimate of drug-likeness (QED) is 0.811. The van der Waals surface area contributed by atoms with Crippen molar-refractivity contribution < 1.29 is 23.5 Å². The molecule has 0 radical (unpaired) electrons. The molecule has 108 valence electrons. The third-order valence-corrected chi connectivity index (χ3v) is 3.48. The highest BCUT2D eigenvalue weighted by molar-refractivity contribution is 6.02. The van der Waals surface area contributed by atoms with Crippen molar-refractivity contribution in [2.75, 3.05) is 0 Å². The average molecular weight is 283 g/mol. The first-order valence-electron chi connectivity index (χ1n) is 6.32. The third-order valence-electron chi connectivity index (χ3n) is 3.48. The Morgan fingerprint density at radius 1 is 1.35 bits per heavy atom. The van der Waals surface area contributed by atoms with Crippen molar-refractivity contribution in [2.24, 2.45) is 5.41 Å². The molecule has 0 aromatic heterocycles. The molecule has 2 rings (SSSR count). The highest BCUT2D eigenvalue weighted by Gasteiger charge is 2.44. The Morgan fingerprint density at radius 2 is 1.90 bits per heavy atom. The maximum Gasteiger partial charge on any atom is 0.319 e. The van der Waals surface area contributed by atoms with Gasteiger partial charge in [-0.15, -0.1) is 0 Å². The Hall–Kier alpha value is -1.98. The smallest absolute Gasteiger partial charge is 0.319 e. The second kappa shape index (κ2) is 5.19. The Labute approximate surface area is 114 Å². The fraction of sp³-hybridized carbons (Fsp3) is 0.429. The molecule has 1 fully saturated rings. The van der Waals surface area contributed by atoms with Gasteiger partial charge < -0.3 is 10.4 Å². The highest BCUT2D eigenvalue weighted by Crippen LogP contribution is 2.29. The monoisotopic (exact) mass is 283 g/mol. The van der Waals surface area contributed by atoms with Crippen LogP contribution in [0.2, 0.25) is 0 Å². The van der Waals surface area contributed by atoms with Crippen molar-refractivity contribution in [3.63, 3.8) is 0 Å². The van der Waals surface area contributed by atoms with Gasteiger partial charge in [0.1, 0.15) is 17.0 Å². The molecule has 2 N–H and O–H groups in total. The van der Waals surface area contributed by atoms with Crippen LogP contribution in [0.3, 0.4) is 0 Å². The zero-order valence-corrected chi connectivity index (χ0v) is 11.0. The summed E-state index contributed by atoms with van der Waals surface area (Å²) in [6, 6.07) is 3.25. The minimum atomic E-state index is -1.90. The Balaban J connectivity index is 2.28. The van der Waals surface area contributed by atoms with Gasteiger partial charge in [-0.1, -0.05) is 6.07 Å². The van der Waals surface area contributed by atoms with E-state index in [-0.39, 0.29) is 11.6 Å². The van der Waals surface area contributed by atoms with E-state index in [2.05, 4.69) is 5.32 Å². The summed E-state index contributed by atoms with van der Waals surface area (Å²) in [6.07, 6.45) is 1.07. The van der Waals surface area contributed by atoms with E-state index in [1.54, 1.807) is 0 Å². The lowest BCUT2D eigenvalue weighted by molar-refractivity contribution is -0.154. The summed E-state index contributed by atoms with van der Waals surface area (Å²) >= 11 is 0. The van der Waals surface area contributed by atoms with Gasteiger partial charge in [-0.2, -0.15) is 0 Å². The average Bonchev–Trinajstić information content (AvgIpc) is 3.17. The number of carboxylic acid groups (broad SMARTS) is 1. The molecule has 0 aliphatic heterocycles. The maximum atomic E-state index is 13.6. The van der Waals surface area contributed by atoms with Crippen molar-refractivity contribution in [1.29, 1.82) is 0 Å². The van der Waals surface area contributed by atoms with Crippen molar-refractivity contribution in [3.8, 4) is 0 Å². The number of aliphatic carboxylic acids is 1. The largest absolute Gasteiger partial charge is 0.480 e. The first-order chi connectivity index (χ1) is 9.34. The molecule has 1 saturated carbocycles. The predicted molar refractivity (Wildman–Crippen MR) is 67.0 cm³/mol. The molecule has 4 nitrogen and oxygen atoms in total. The molecule has 0 bridgehead atoms. The summed E-state index contributed by atoms with van der Waals surface area (Å²) in [5, 5.41) is 11.8. The van der Waals surface area contributed by atoms with Gasteiger partial charge in [0.25, 0.3) is 0 Å². The van der Waals surface area contributed by atoms with E-state index in [1.165, 1.54) is 13.0 Å². The number of carbonyl (C=O) groups excluding carboxylic acids is 1. The van der Waals surface area contributed by atoms with E-state index in [0.717, 1.165) is 25.0 Å². The summed E-state index contributed by atoms with van der Waals surface area (Å²) in [4.78, 5) is 23.4. The van der Waals surface area contributed by atoms with Gasteiger partial charge in [0, 0.05) is 18.0 Å². The van der Waals surface area contributed by atoms with Crippen molar-refractivity contribution in [3.05, 3.63) is 35.4 Å². The summed E-state index contributed by atoms with van der Waals surface area (Å²) in [6.45, 7) is 1.18. The van der Waals surface area contributed by atoms with Crippen LogP contribution in [0.5, 0.6) is 0 Å². The third kappa shape index (κ3) is 2.79. The second-order valence-corrected chi connectivity index (χ2v) is 5.26. The van der Waals surface area contributed by atoms with Gasteiger partial charge in [-0.25, -0.2) is 8.78 Å². The molecular formula is C14H15F2NO3. The van der Waals surface area contributed by atoms with Crippen molar-refractivity contribution in [2.45, 2.75) is 32.2 Å². The number of carbonyl (C=O) groups is 2. The van der Waals surface area contributed by atoms with E-state index < -0.39 is 35.3 Å². The van der Waals surface area contributed by atoms with E-state index in [0.29, 0.717) is 0 Å². The van der Waals surface area contributed by atoms with Crippen LogP contribution < -0.4 is 5.32 Å². The SMILES string of the molecule is CC(Cc1c(F)cccc1F)(C(=O)O)C(=O)NC1CC1. The van der Waals surface area contributed by atoms with Crippen LogP contribution in [-0.2, 0) is 16.0 Å². The van der Waals surface area contributed by atoms with Crippen LogP contribution in [0, 0.1) is 17.0 Å². The molecule has 1 aliphatic rings. The van der Waals surface area contributed by atoms with Gasteiger partial charge in [0.15, 0.2) is 0 Å². The topological polar surface area (TPSA) is 66.4 Å². The van der Waals surface area contributed by atoms with Gasteiger partial charge in [-0.05, 0) is 31.9 Å². The number of amides is 1. The summed E-state index contributed by atoms with van der Waals surface area (Å²) in [7, 11) is 0. The number of rotatable bonds is 5. The Bertz CT molecular complexity index is 537. The van der Waals surface area contributed by atoms with Gasteiger partial charge in [0.2, 0.25) is 5.91 Å². The highest BCUT2D eigenvalue weighted by atomic mass is 19.1. The fourth-order valence-electron chi connectivity index (χ4n) is 1.88.